The van der Waals surface area contributed by atoms with Crippen LogP contribution in [0.15, 0.2) is 36.7 Å². The number of nitriles is 1. The van der Waals surface area contributed by atoms with E-state index in [4.69, 9.17) is 23.2 Å². The van der Waals surface area contributed by atoms with E-state index < -0.39 is 0 Å². The number of allylic oxidation sites excluding steroid dienone is 1. The summed E-state index contributed by atoms with van der Waals surface area (Å²) in [4.78, 5) is 2.23. The third kappa shape index (κ3) is 3.39. The number of halogens is 2. The van der Waals surface area contributed by atoms with Crippen molar-refractivity contribution in [2.45, 2.75) is 20.8 Å². The number of aromatic nitrogens is 1. The van der Waals surface area contributed by atoms with E-state index in [1.807, 2.05) is 42.1 Å². The number of nitrogens with zero attached hydrogens (tertiary/aromatic N) is 3. The molecule has 0 aliphatic carbocycles. The molecule has 0 saturated heterocycles. The highest BCUT2D eigenvalue weighted by Crippen LogP contribution is 2.36. The van der Waals surface area contributed by atoms with Crippen LogP contribution in [-0.2, 0) is 0 Å². The lowest BCUT2D eigenvalue weighted by atomic mass is 10.1. The molecule has 0 bridgehead atoms. The molecule has 23 heavy (non-hydrogen) atoms. The highest BCUT2D eigenvalue weighted by molar-refractivity contribution is 6.43. The Balaban J connectivity index is 2.59. The third-order valence-electron chi connectivity index (χ3n) is 3.80. The zero-order chi connectivity index (χ0) is 17.0. The first-order valence-electron chi connectivity index (χ1n) is 7.55. The number of benzene rings is 1. The van der Waals surface area contributed by atoms with E-state index in [1.165, 1.54) is 0 Å². The van der Waals surface area contributed by atoms with Gasteiger partial charge in [0.15, 0.2) is 0 Å². The molecular weight excluding hydrogens is 329 g/mol. The maximum atomic E-state index is 9.49. The van der Waals surface area contributed by atoms with Crippen LogP contribution in [0.3, 0.4) is 0 Å². The van der Waals surface area contributed by atoms with Crippen LogP contribution in [0.5, 0.6) is 0 Å². The first kappa shape index (κ1) is 17.5. The van der Waals surface area contributed by atoms with Crippen molar-refractivity contribution in [3.8, 4) is 17.2 Å². The first-order chi connectivity index (χ1) is 11.1. The fraction of sp³-hybridized carbons (Fsp3) is 0.278. The third-order valence-corrected chi connectivity index (χ3v) is 4.62. The predicted molar refractivity (Wildman–Crippen MR) is 97.5 cm³/mol. The van der Waals surface area contributed by atoms with E-state index >= 15 is 0 Å². The van der Waals surface area contributed by atoms with Crippen LogP contribution in [0.4, 0.5) is 0 Å². The standard InChI is InChI=1S/C18H19Cl2N3/c1-4-17(22(5-2)6-3)23-11-13(10-21)15(12-23)14-8-7-9-16(19)18(14)20/h4,7-9,11-12H,5-6H2,1-3H3. The monoisotopic (exact) mass is 347 g/mol. The van der Waals surface area contributed by atoms with Gasteiger partial charge in [-0.1, -0.05) is 35.3 Å². The summed E-state index contributed by atoms with van der Waals surface area (Å²) in [5, 5.41) is 10.4. The average Bonchev–Trinajstić information content (AvgIpc) is 2.98. The van der Waals surface area contributed by atoms with Crippen LogP contribution in [0.25, 0.3) is 16.9 Å². The molecule has 2 rings (SSSR count). The smallest absolute Gasteiger partial charge is 0.108 e. The summed E-state index contributed by atoms with van der Waals surface area (Å²) in [6.07, 6.45) is 5.81. The van der Waals surface area contributed by atoms with Gasteiger partial charge in [0.05, 0.1) is 15.6 Å². The van der Waals surface area contributed by atoms with Crippen molar-refractivity contribution in [1.82, 2.24) is 9.47 Å². The Bertz CT molecular complexity index is 765. The highest BCUT2D eigenvalue weighted by atomic mass is 35.5. The average molecular weight is 348 g/mol. The van der Waals surface area contributed by atoms with Crippen molar-refractivity contribution in [2.75, 3.05) is 13.1 Å². The fourth-order valence-corrected chi connectivity index (χ4v) is 3.05. The van der Waals surface area contributed by atoms with Gasteiger partial charge in [-0.25, -0.2) is 0 Å². The van der Waals surface area contributed by atoms with Crippen LogP contribution in [0.1, 0.15) is 26.3 Å². The molecule has 0 aliphatic rings. The lowest BCUT2D eigenvalue weighted by Crippen LogP contribution is -2.24. The van der Waals surface area contributed by atoms with Crippen molar-refractivity contribution in [3.63, 3.8) is 0 Å². The lowest BCUT2D eigenvalue weighted by Gasteiger charge is -2.24. The summed E-state index contributed by atoms with van der Waals surface area (Å²) in [6.45, 7) is 7.99. The summed E-state index contributed by atoms with van der Waals surface area (Å²) in [7, 11) is 0. The number of hydrogen-bond donors (Lipinski definition) is 0. The van der Waals surface area contributed by atoms with Crippen LogP contribution in [0.2, 0.25) is 10.0 Å². The van der Waals surface area contributed by atoms with Crippen molar-refractivity contribution in [1.29, 1.82) is 5.26 Å². The van der Waals surface area contributed by atoms with E-state index in [-0.39, 0.29) is 0 Å². The van der Waals surface area contributed by atoms with E-state index in [9.17, 15) is 5.26 Å². The van der Waals surface area contributed by atoms with E-state index in [0.717, 1.165) is 30.0 Å². The fourth-order valence-electron chi connectivity index (χ4n) is 2.64. The molecule has 1 aromatic carbocycles. The minimum atomic E-state index is 0.466. The zero-order valence-corrected chi connectivity index (χ0v) is 15.0. The minimum Gasteiger partial charge on any atom is -0.359 e. The quantitative estimate of drug-likeness (QED) is 0.715. The molecule has 0 spiro atoms. The molecule has 0 fully saturated rings. The molecule has 1 aromatic heterocycles. The molecule has 0 atom stereocenters. The molecule has 5 heteroatoms. The summed E-state index contributed by atoms with van der Waals surface area (Å²) >= 11 is 12.4. The first-order valence-corrected chi connectivity index (χ1v) is 8.31. The van der Waals surface area contributed by atoms with Crippen LogP contribution < -0.4 is 0 Å². The Morgan fingerprint density at radius 1 is 1.22 bits per heavy atom. The molecule has 2 aromatic rings. The molecule has 0 amide bonds. The maximum Gasteiger partial charge on any atom is 0.108 e. The summed E-state index contributed by atoms with van der Waals surface area (Å²) in [6, 6.07) is 7.70. The molecule has 0 radical (unpaired) electrons. The molecule has 0 N–H and O–H groups in total. The van der Waals surface area contributed by atoms with E-state index in [2.05, 4.69) is 24.8 Å². The Morgan fingerprint density at radius 2 is 1.91 bits per heavy atom. The maximum absolute atomic E-state index is 9.49. The molecule has 0 unspecified atom stereocenters. The van der Waals surface area contributed by atoms with Gasteiger partial charge >= 0.3 is 0 Å². The number of rotatable bonds is 5. The van der Waals surface area contributed by atoms with Gasteiger partial charge in [-0.3, -0.25) is 0 Å². The summed E-state index contributed by atoms with van der Waals surface area (Å²) < 4.78 is 1.97. The van der Waals surface area contributed by atoms with Gasteiger partial charge in [-0.15, -0.1) is 0 Å². The summed E-state index contributed by atoms with van der Waals surface area (Å²) in [5.74, 6) is 1.04. The predicted octanol–water partition coefficient (Wildman–Crippen LogP) is 5.49. The topological polar surface area (TPSA) is 32.0 Å². The van der Waals surface area contributed by atoms with Crippen LogP contribution in [-0.4, -0.2) is 22.6 Å². The summed E-state index contributed by atoms with van der Waals surface area (Å²) in [5.41, 5.74) is 2.12. The Hall–Kier alpha value is -1.89. The van der Waals surface area contributed by atoms with Crippen molar-refractivity contribution < 1.29 is 0 Å². The normalized spacial score (nSPS) is 11.4. The minimum absolute atomic E-state index is 0.466. The van der Waals surface area contributed by atoms with E-state index in [0.29, 0.717) is 15.6 Å². The number of hydrogen-bond acceptors (Lipinski definition) is 2. The van der Waals surface area contributed by atoms with Gasteiger partial charge in [-0.2, -0.15) is 5.26 Å². The van der Waals surface area contributed by atoms with Crippen molar-refractivity contribution in [2.24, 2.45) is 0 Å². The Labute approximate surface area is 147 Å². The molecule has 120 valence electrons. The largest absolute Gasteiger partial charge is 0.359 e. The molecule has 0 saturated carbocycles. The van der Waals surface area contributed by atoms with Gasteiger partial charge in [-0.05, 0) is 32.9 Å². The lowest BCUT2D eigenvalue weighted by molar-refractivity contribution is 0.420. The zero-order valence-electron chi connectivity index (χ0n) is 13.5. The molecule has 3 nitrogen and oxygen atoms in total. The van der Waals surface area contributed by atoms with Gasteiger partial charge in [0.2, 0.25) is 0 Å². The highest BCUT2D eigenvalue weighted by Gasteiger charge is 2.16. The van der Waals surface area contributed by atoms with Gasteiger partial charge in [0.25, 0.3) is 0 Å². The Kier molecular flexibility index (Phi) is 5.76. The molecule has 0 aliphatic heterocycles. The molecule has 1 heterocycles. The van der Waals surface area contributed by atoms with E-state index in [1.54, 1.807) is 6.07 Å². The SMILES string of the molecule is CC=C(N(CC)CC)n1cc(C#N)c(-c2cccc(Cl)c2Cl)c1. The second-order valence-corrected chi connectivity index (χ2v) is 5.81. The van der Waals surface area contributed by atoms with Gasteiger partial charge < -0.3 is 9.47 Å². The second-order valence-electron chi connectivity index (χ2n) is 5.03. The van der Waals surface area contributed by atoms with Crippen molar-refractivity contribution in [3.05, 3.63) is 52.3 Å². The van der Waals surface area contributed by atoms with Gasteiger partial charge in [0.1, 0.15) is 11.9 Å². The van der Waals surface area contributed by atoms with Gasteiger partial charge in [0, 0.05) is 36.6 Å². The van der Waals surface area contributed by atoms with Crippen LogP contribution in [0, 0.1) is 11.3 Å². The Morgan fingerprint density at radius 3 is 2.48 bits per heavy atom. The van der Waals surface area contributed by atoms with Crippen molar-refractivity contribution >= 4 is 29.0 Å². The van der Waals surface area contributed by atoms with Crippen LogP contribution >= 0.6 is 23.2 Å². The second kappa shape index (κ2) is 7.59. The molecular formula is C18H19Cl2N3.